The van der Waals surface area contributed by atoms with Crippen molar-refractivity contribution >= 4 is 35.8 Å². The van der Waals surface area contributed by atoms with E-state index in [4.69, 9.17) is 9.47 Å². The zero-order valence-corrected chi connectivity index (χ0v) is 16.5. The second-order valence-electron chi connectivity index (χ2n) is 7.65. The van der Waals surface area contributed by atoms with E-state index >= 15 is 0 Å². The van der Waals surface area contributed by atoms with Gasteiger partial charge in [-0.25, -0.2) is 9.59 Å². The monoisotopic (exact) mass is 394 g/mol. The highest BCUT2D eigenvalue weighted by atomic mass is 16.6. The van der Waals surface area contributed by atoms with Crippen molar-refractivity contribution in [2.45, 2.75) is 52.7 Å². The van der Waals surface area contributed by atoms with Crippen LogP contribution in [-0.2, 0) is 28.7 Å². The second-order valence-corrected chi connectivity index (χ2v) is 7.65. The molecule has 0 aromatic carbocycles. The Balaban J connectivity index is 0.000000280. The highest BCUT2D eigenvalue weighted by molar-refractivity contribution is 6.22. The van der Waals surface area contributed by atoms with Crippen molar-refractivity contribution < 1.29 is 38.2 Å². The van der Waals surface area contributed by atoms with Crippen molar-refractivity contribution in [1.29, 1.82) is 0 Å². The summed E-state index contributed by atoms with van der Waals surface area (Å²) < 4.78 is 9.74. The molecule has 0 atom stereocenters. The number of nitrogens with zero attached hydrogens (tertiary/aromatic N) is 2. The maximum absolute atomic E-state index is 11.3. The summed E-state index contributed by atoms with van der Waals surface area (Å²) in [5.74, 6) is -2.65. The van der Waals surface area contributed by atoms with Gasteiger partial charge in [0.2, 0.25) is 0 Å². The van der Waals surface area contributed by atoms with Crippen LogP contribution >= 0.6 is 0 Å². The first-order chi connectivity index (χ1) is 12.6. The van der Waals surface area contributed by atoms with Gasteiger partial charge in [0.1, 0.15) is 11.2 Å². The maximum atomic E-state index is 11.3. The van der Waals surface area contributed by atoms with E-state index in [1.807, 2.05) is 0 Å². The number of hydrogen-bond donors (Lipinski definition) is 0. The lowest BCUT2D eigenvalue weighted by Crippen LogP contribution is -2.40. The van der Waals surface area contributed by atoms with E-state index in [1.165, 1.54) is 0 Å². The first-order valence-electron chi connectivity index (χ1n) is 8.20. The Morgan fingerprint density at radius 2 is 0.821 bits per heavy atom. The molecule has 0 saturated carbocycles. The van der Waals surface area contributed by atoms with Crippen LogP contribution in [0.3, 0.4) is 0 Å². The fourth-order valence-corrected chi connectivity index (χ4v) is 1.78. The van der Waals surface area contributed by atoms with Crippen LogP contribution in [0.15, 0.2) is 24.3 Å². The van der Waals surface area contributed by atoms with Crippen LogP contribution in [0.25, 0.3) is 0 Å². The molecule has 10 nitrogen and oxygen atoms in total. The van der Waals surface area contributed by atoms with Crippen LogP contribution in [0.2, 0.25) is 0 Å². The van der Waals surface area contributed by atoms with E-state index in [1.54, 1.807) is 41.5 Å². The number of ether oxygens (including phenoxy) is 2. The Bertz CT molecular complexity index is 678. The topological polar surface area (TPSA) is 127 Å². The molecule has 0 aromatic heterocycles. The van der Waals surface area contributed by atoms with E-state index in [-0.39, 0.29) is 0 Å². The summed E-state index contributed by atoms with van der Waals surface area (Å²) in [5.41, 5.74) is -1.44. The molecule has 0 fully saturated rings. The standard InChI is InChI=1S/2C9H11NO4/c2*1-9(2,3)14-8(13)10-6(11)4-5-7(10)12/h2*4-5H,1-3H3. The Hall–Kier alpha value is -3.30. The van der Waals surface area contributed by atoms with Gasteiger partial charge in [-0.1, -0.05) is 0 Å². The SMILES string of the molecule is CC(C)(C)OC(=O)N1C(=O)C=CC1=O.CC(C)(C)OC(=O)N1C(=O)C=CC1=O. The molecule has 28 heavy (non-hydrogen) atoms. The fourth-order valence-electron chi connectivity index (χ4n) is 1.78. The Kier molecular flexibility index (Phi) is 6.62. The van der Waals surface area contributed by atoms with Gasteiger partial charge < -0.3 is 9.47 Å². The minimum atomic E-state index is -0.933. The number of hydrogen-bond acceptors (Lipinski definition) is 8. The summed E-state index contributed by atoms with van der Waals surface area (Å²) in [5, 5.41) is 0. The highest BCUT2D eigenvalue weighted by Gasteiger charge is 2.34. The van der Waals surface area contributed by atoms with E-state index < -0.39 is 47.0 Å². The predicted octanol–water partition coefficient (Wildman–Crippen LogP) is 1.69. The number of imide groups is 6. The van der Waals surface area contributed by atoms with Crippen molar-refractivity contribution in [3.63, 3.8) is 0 Å². The van der Waals surface area contributed by atoms with E-state index in [0.717, 1.165) is 24.3 Å². The summed E-state index contributed by atoms with van der Waals surface area (Å²) in [4.78, 5) is 67.7. The molecule has 0 aromatic rings. The van der Waals surface area contributed by atoms with Crippen molar-refractivity contribution in [2.75, 3.05) is 0 Å². The summed E-state index contributed by atoms with van der Waals surface area (Å²) in [6.07, 6.45) is 2.27. The van der Waals surface area contributed by atoms with E-state index in [9.17, 15) is 28.8 Å². The average Bonchev–Trinajstić information content (AvgIpc) is 2.98. The van der Waals surface area contributed by atoms with Crippen molar-refractivity contribution in [1.82, 2.24) is 9.80 Å². The number of amides is 6. The van der Waals surface area contributed by atoms with Gasteiger partial charge in [0.15, 0.2) is 0 Å². The Morgan fingerprint density at radius 1 is 0.607 bits per heavy atom. The second kappa shape index (κ2) is 8.15. The molecule has 0 spiro atoms. The minimum Gasteiger partial charge on any atom is -0.443 e. The quantitative estimate of drug-likeness (QED) is 0.568. The lowest BCUT2D eigenvalue weighted by Gasteiger charge is -2.22. The van der Waals surface area contributed by atoms with Crippen LogP contribution in [0.4, 0.5) is 9.59 Å². The van der Waals surface area contributed by atoms with Gasteiger partial charge in [0.25, 0.3) is 23.6 Å². The molecule has 0 aliphatic carbocycles. The van der Waals surface area contributed by atoms with Gasteiger partial charge in [0.05, 0.1) is 0 Å². The fraction of sp³-hybridized carbons (Fsp3) is 0.444. The van der Waals surface area contributed by atoms with Gasteiger partial charge >= 0.3 is 12.2 Å². The molecule has 2 heterocycles. The molecule has 6 amide bonds. The third-order valence-electron chi connectivity index (χ3n) is 2.77. The predicted molar refractivity (Wildman–Crippen MR) is 94.5 cm³/mol. The van der Waals surface area contributed by atoms with Crippen LogP contribution in [0.1, 0.15) is 41.5 Å². The minimum absolute atomic E-state index is 0.464. The summed E-state index contributed by atoms with van der Waals surface area (Å²) >= 11 is 0. The van der Waals surface area contributed by atoms with Crippen molar-refractivity contribution in [2.24, 2.45) is 0 Å². The van der Waals surface area contributed by atoms with Gasteiger partial charge in [-0.05, 0) is 41.5 Å². The highest BCUT2D eigenvalue weighted by Crippen LogP contribution is 2.14. The molecule has 0 bridgehead atoms. The zero-order chi connectivity index (χ0) is 21.9. The molecular formula is C18H22N2O8. The first-order valence-corrected chi connectivity index (χ1v) is 8.20. The summed E-state index contributed by atoms with van der Waals surface area (Å²) in [6.45, 7) is 9.94. The molecule has 0 saturated heterocycles. The molecule has 0 radical (unpaired) electrons. The maximum Gasteiger partial charge on any atom is 0.424 e. The third-order valence-corrected chi connectivity index (χ3v) is 2.77. The molecule has 0 unspecified atom stereocenters. The lowest BCUT2D eigenvalue weighted by atomic mass is 10.2. The molecule has 152 valence electrons. The molecular weight excluding hydrogens is 372 g/mol. The zero-order valence-electron chi connectivity index (χ0n) is 16.5. The van der Waals surface area contributed by atoms with Gasteiger partial charge in [-0.3, -0.25) is 19.2 Å². The van der Waals surface area contributed by atoms with Gasteiger partial charge in [-0.2, -0.15) is 9.80 Å². The Morgan fingerprint density at radius 3 is 1.00 bits per heavy atom. The molecule has 2 rings (SSSR count). The molecule has 10 heteroatoms. The molecule has 2 aliphatic rings. The number of carbonyl (C=O) groups excluding carboxylic acids is 6. The number of rotatable bonds is 0. The Labute approximate surface area is 161 Å². The van der Waals surface area contributed by atoms with Crippen molar-refractivity contribution in [3.05, 3.63) is 24.3 Å². The normalized spacial score (nSPS) is 16.4. The third kappa shape index (κ3) is 6.45. The van der Waals surface area contributed by atoms with Gasteiger partial charge in [-0.15, -0.1) is 0 Å². The average molecular weight is 394 g/mol. The van der Waals surface area contributed by atoms with E-state index in [0.29, 0.717) is 9.80 Å². The first kappa shape index (κ1) is 22.7. The van der Waals surface area contributed by atoms with Crippen molar-refractivity contribution in [3.8, 4) is 0 Å². The van der Waals surface area contributed by atoms with E-state index in [2.05, 4.69) is 0 Å². The molecule has 2 aliphatic heterocycles. The van der Waals surface area contributed by atoms with Gasteiger partial charge in [0, 0.05) is 24.3 Å². The van der Waals surface area contributed by atoms with Crippen LogP contribution in [0, 0.1) is 0 Å². The summed E-state index contributed by atoms with van der Waals surface area (Å²) in [7, 11) is 0. The smallest absolute Gasteiger partial charge is 0.424 e. The van der Waals surface area contributed by atoms with Crippen LogP contribution in [-0.4, -0.2) is 56.8 Å². The summed E-state index contributed by atoms with van der Waals surface area (Å²) in [6, 6.07) is 0. The van der Waals surface area contributed by atoms with Crippen LogP contribution < -0.4 is 0 Å². The molecule has 0 N–H and O–H groups in total. The largest absolute Gasteiger partial charge is 0.443 e. The lowest BCUT2D eigenvalue weighted by molar-refractivity contribution is -0.137. The number of carbonyl (C=O) groups is 6. The van der Waals surface area contributed by atoms with Crippen LogP contribution in [0.5, 0.6) is 0 Å².